The number of benzene rings is 2. The van der Waals surface area contributed by atoms with E-state index in [1.54, 1.807) is 6.08 Å². The highest BCUT2D eigenvalue weighted by Gasteiger charge is 1.96. The van der Waals surface area contributed by atoms with E-state index in [1.807, 2.05) is 61.5 Å². The van der Waals surface area contributed by atoms with Gasteiger partial charge in [-0.3, -0.25) is 4.79 Å². The smallest absolute Gasteiger partial charge is 0.243 e. The first-order valence-electron chi connectivity index (χ1n) is 7.00. The fraction of sp³-hybridized carbons (Fsp3) is 0.167. The maximum atomic E-state index is 11.3. The Labute approximate surface area is 125 Å². The molecule has 0 aliphatic rings. The molecule has 0 heterocycles. The highest BCUT2D eigenvalue weighted by molar-refractivity contribution is 5.91. The Hall–Kier alpha value is -2.55. The monoisotopic (exact) mass is 281 g/mol. The Morgan fingerprint density at radius 3 is 2.48 bits per heavy atom. The molecular formula is C18H19NO2. The van der Waals surface area contributed by atoms with E-state index in [4.69, 9.17) is 4.74 Å². The summed E-state index contributed by atoms with van der Waals surface area (Å²) in [5.74, 6) is 0.732. The van der Waals surface area contributed by atoms with Gasteiger partial charge in [0.25, 0.3) is 0 Å². The summed E-state index contributed by atoms with van der Waals surface area (Å²) in [6, 6.07) is 17.7. The largest absolute Gasteiger partial charge is 0.489 e. The third kappa shape index (κ3) is 5.15. The van der Waals surface area contributed by atoms with Gasteiger partial charge in [0.2, 0.25) is 5.91 Å². The van der Waals surface area contributed by atoms with Gasteiger partial charge in [0.05, 0.1) is 0 Å². The van der Waals surface area contributed by atoms with Crippen molar-refractivity contribution in [1.82, 2.24) is 5.32 Å². The second kappa shape index (κ2) is 7.90. The molecule has 21 heavy (non-hydrogen) atoms. The van der Waals surface area contributed by atoms with Crippen molar-refractivity contribution in [3.05, 3.63) is 71.8 Å². The summed E-state index contributed by atoms with van der Waals surface area (Å²) >= 11 is 0. The van der Waals surface area contributed by atoms with Crippen LogP contribution >= 0.6 is 0 Å². The molecule has 2 aromatic carbocycles. The highest BCUT2D eigenvalue weighted by atomic mass is 16.5. The zero-order valence-electron chi connectivity index (χ0n) is 12.1. The number of ether oxygens (including phenoxy) is 1. The lowest BCUT2D eigenvalue weighted by molar-refractivity contribution is -0.116. The molecule has 0 fully saturated rings. The average Bonchev–Trinajstić information content (AvgIpc) is 2.53. The lowest BCUT2D eigenvalue weighted by Gasteiger charge is -2.06. The van der Waals surface area contributed by atoms with Crippen molar-refractivity contribution in [2.45, 2.75) is 13.5 Å². The molecule has 0 atom stereocenters. The van der Waals surface area contributed by atoms with E-state index in [0.29, 0.717) is 13.2 Å². The summed E-state index contributed by atoms with van der Waals surface area (Å²) in [7, 11) is 0. The first kappa shape index (κ1) is 14.9. The number of rotatable bonds is 6. The van der Waals surface area contributed by atoms with Gasteiger partial charge in [-0.15, -0.1) is 0 Å². The standard InChI is InChI=1S/C18H19NO2/c1-2-19-18(20)13-10-15-8-11-17(12-9-15)21-14-16-6-4-3-5-7-16/h3-13H,2,14H2,1H3,(H,19,20)/b13-10+. The minimum absolute atomic E-state index is 0.0816. The molecule has 0 aromatic heterocycles. The van der Waals surface area contributed by atoms with E-state index in [-0.39, 0.29) is 5.91 Å². The molecule has 2 aromatic rings. The molecule has 0 unspecified atom stereocenters. The summed E-state index contributed by atoms with van der Waals surface area (Å²) in [6.07, 6.45) is 3.31. The molecule has 0 saturated carbocycles. The van der Waals surface area contributed by atoms with Crippen LogP contribution in [0.3, 0.4) is 0 Å². The van der Waals surface area contributed by atoms with Crippen LogP contribution in [0.5, 0.6) is 5.75 Å². The minimum Gasteiger partial charge on any atom is -0.489 e. The Balaban J connectivity index is 1.88. The highest BCUT2D eigenvalue weighted by Crippen LogP contribution is 2.15. The molecule has 108 valence electrons. The van der Waals surface area contributed by atoms with E-state index in [1.165, 1.54) is 6.08 Å². The lowest BCUT2D eigenvalue weighted by atomic mass is 10.2. The van der Waals surface area contributed by atoms with Gasteiger partial charge in [0, 0.05) is 12.6 Å². The van der Waals surface area contributed by atoms with Crippen molar-refractivity contribution in [2.75, 3.05) is 6.54 Å². The van der Waals surface area contributed by atoms with E-state index in [0.717, 1.165) is 16.9 Å². The van der Waals surface area contributed by atoms with Gasteiger partial charge in [-0.05, 0) is 36.3 Å². The van der Waals surface area contributed by atoms with E-state index in [9.17, 15) is 4.79 Å². The fourth-order valence-electron chi connectivity index (χ4n) is 1.82. The molecule has 0 bridgehead atoms. The number of amides is 1. The van der Waals surface area contributed by atoms with E-state index in [2.05, 4.69) is 5.32 Å². The van der Waals surface area contributed by atoms with Crippen molar-refractivity contribution in [3.8, 4) is 5.75 Å². The van der Waals surface area contributed by atoms with Gasteiger partial charge in [-0.25, -0.2) is 0 Å². The van der Waals surface area contributed by atoms with Gasteiger partial charge < -0.3 is 10.1 Å². The van der Waals surface area contributed by atoms with Crippen LogP contribution in [0.1, 0.15) is 18.1 Å². The molecule has 0 radical (unpaired) electrons. The summed E-state index contributed by atoms with van der Waals surface area (Å²) in [5.41, 5.74) is 2.10. The minimum atomic E-state index is -0.0816. The maximum absolute atomic E-state index is 11.3. The molecule has 3 nitrogen and oxygen atoms in total. The van der Waals surface area contributed by atoms with Crippen LogP contribution in [0.2, 0.25) is 0 Å². The summed E-state index contributed by atoms with van der Waals surface area (Å²) < 4.78 is 5.71. The second-order valence-electron chi connectivity index (χ2n) is 4.57. The Kier molecular flexibility index (Phi) is 5.59. The third-order valence-corrected chi connectivity index (χ3v) is 2.91. The van der Waals surface area contributed by atoms with E-state index >= 15 is 0 Å². The lowest BCUT2D eigenvalue weighted by Crippen LogP contribution is -2.19. The summed E-state index contributed by atoms with van der Waals surface area (Å²) in [4.78, 5) is 11.3. The van der Waals surface area contributed by atoms with Crippen molar-refractivity contribution < 1.29 is 9.53 Å². The van der Waals surface area contributed by atoms with Gasteiger partial charge in [-0.2, -0.15) is 0 Å². The SMILES string of the molecule is CCNC(=O)/C=C/c1ccc(OCc2ccccc2)cc1. The fourth-order valence-corrected chi connectivity index (χ4v) is 1.82. The number of carbonyl (C=O) groups excluding carboxylic acids is 1. The quantitative estimate of drug-likeness (QED) is 0.824. The topological polar surface area (TPSA) is 38.3 Å². The average molecular weight is 281 g/mol. The van der Waals surface area contributed by atoms with Crippen LogP contribution in [0.25, 0.3) is 6.08 Å². The van der Waals surface area contributed by atoms with Crippen molar-refractivity contribution in [2.24, 2.45) is 0 Å². The number of hydrogen-bond acceptors (Lipinski definition) is 2. The predicted molar refractivity (Wildman–Crippen MR) is 84.9 cm³/mol. The Morgan fingerprint density at radius 1 is 1.10 bits per heavy atom. The molecule has 0 aliphatic carbocycles. The number of nitrogens with one attached hydrogen (secondary N) is 1. The second-order valence-corrected chi connectivity index (χ2v) is 4.57. The van der Waals surface area contributed by atoms with Crippen molar-refractivity contribution >= 4 is 12.0 Å². The first-order chi connectivity index (χ1) is 10.3. The summed E-state index contributed by atoms with van der Waals surface area (Å²) in [5, 5.41) is 2.72. The van der Waals surface area contributed by atoms with E-state index < -0.39 is 0 Å². The summed E-state index contributed by atoms with van der Waals surface area (Å²) in [6.45, 7) is 3.08. The Morgan fingerprint density at radius 2 is 1.81 bits per heavy atom. The van der Waals surface area contributed by atoms with Gasteiger partial charge in [0.15, 0.2) is 0 Å². The third-order valence-electron chi connectivity index (χ3n) is 2.91. The van der Waals surface area contributed by atoms with Gasteiger partial charge in [0.1, 0.15) is 12.4 Å². The predicted octanol–water partition coefficient (Wildman–Crippen LogP) is 3.41. The van der Waals surface area contributed by atoms with Gasteiger partial charge >= 0.3 is 0 Å². The van der Waals surface area contributed by atoms with Crippen molar-refractivity contribution in [3.63, 3.8) is 0 Å². The molecule has 0 saturated heterocycles. The van der Waals surface area contributed by atoms with Crippen molar-refractivity contribution in [1.29, 1.82) is 0 Å². The molecule has 0 aliphatic heterocycles. The maximum Gasteiger partial charge on any atom is 0.243 e. The van der Waals surface area contributed by atoms with Crippen LogP contribution in [0.4, 0.5) is 0 Å². The van der Waals surface area contributed by atoms with Crippen LogP contribution in [-0.4, -0.2) is 12.5 Å². The normalized spacial score (nSPS) is 10.5. The van der Waals surface area contributed by atoms with Crippen LogP contribution < -0.4 is 10.1 Å². The number of likely N-dealkylation sites (N-methyl/N-ethyl adjacent to an activating group) is 1. The van der Waals surface area contributed by atoms with Gasteiger partial charge in [-0.1, -0.05) is 42.5 Å². The molecule has 1 N–H and O–H groups in total. The number of carbonyl (C=O) groups is 1. The molecule has 3 heteroatoms. The Bertz CT molecular complexity index is 588. The van der Waals surface area contributed by atoms with Crippen LogP contribution in [0.15, 0.2) is 60.7 Å². The molecular weight excluding hydrogens is 262 g/mol. The van der Waals surface area contributed by atoms with Crippen LogP contribution in [0, 0.1) is 0 Å². The number of hydrogen-bond donors (Lipinski definition) is 1. The zero-order chi connectivity index (χ0) is 14.9. The molecule has 2 rings (SSSR count). The first-order valence-corrected chi connectivity index (χ1v) is 7.00. The molecule has 0 spiro atoms. The van der Waals surface area contributed by atoms with Crippen LogP contribution in [-0.2, 0) is 11.4 Å². The molecule has 1 amide bonds. The zero-order valence-corrected chi connectivity index (χ0v) is 12.1.